The predicted molar refractivity (Wildman–Crippen MR) is 41.3 cm³/mol. The molecule has 0 aromatic heterocycles. The largest absolute Gasteiger partial charge is 0.311 e. The van der Waals surface area contributed by atoms with Gasteiger partial charge in [-0.3, -0.25) is 4.79 Å². The molecule has 0 heterocycles. The average molecular weight is 155 g/mol. The van der Waals surface area contributed by atoms with Crippen LogP contribution in [0.5, 0.6) is 0 Å². The van der Waals surface area contributed by atoms with E-state index in [1.165, 1.54) is 0 Å². The summed E-state index contributed by atoms with van der Waals surface area (Å²) in [5.74, 6) is 0.329. The van der Waals surface area contributed by atoms with Crippen molar-refractivity contribution in [3.63, 3.8) is 0 Å². The molecule has 3 nitrogen and oxygen atoms in total. The van der Waals surface area contributed by atoms with E-state index in [2.05, 4.69) is 5.32 Å². The van der Waals surface area contributed by atoms with Crippen molar-refractivity contribution in [2.45, 2.75) is 25.3 Å². The lowest BCUT2D eigenvalue weighted by atomic mass is 9.86. The molecule has 3 heteroatoms. The van der Waals surface area contributed by atoms with Gasteiger partial charge in [-0.05, 0) is 19.9 Å². The molecule has 1 aliphatic rings. The molecule has 0 aromatic rings. The first kappa shape index (κ1) is 8.40. The van der Waals surface area contributed by atoms with E-state index in [0.717, 1.165) is 12.7 Å². The zero-order valence-electron chi connectivity index (χ0n) is 6.67. The highest BCUT2D eigenvalue weighted by atomic mass is 16.1. The van der Waals surface area contributed by atoms with Crippen molar-refractivity contribution in [2.75, 3.05) is 7.05 Å². The molecule has 11 heavy (non-hydrogen) atoms. The SMILES string of the molecule is CN[C@H]1C[C@@H](C=O)CCC1=O. The zero-order valence-corrected chi connectivity index (χ0v) is 6.67. The number of Topliss-reactive ketones (excluding diaryl/α,β-unsaturated/α-hetero) is 1. The Morgan fingerprint density at radius 2 is 2.36 bits per heavy atom. The van der Waals surface area contributed by atoms with Crippen molar-refractivity contribution >= 4 is 12.1 Å². The van der Waals surface area contributed by atoms with Gasteiger partial charge in [0.2, 0.25) is 0 Å². The molecule has 0 bridgehead atoms. The number of rotatable bonds is 2. The number of nitrogens with one attached hydrogen (secondary N) is 1. The minimum Gasteiger partial charge on any atom is -0.311 e. The first-order valence-corrected chi connectivity index (χ1v) is 3.93. The Morgan fingerprint density at radius 1 is 1.64 bits per heavy atom. The lowest BCUT2D eigenvalue weighted by Gasteiger charge is -2.23. The van der Waals surface area contributed by atoms with Crippen molar-refractivity contribution in [1.82, 2.24) is 5.32 Å². The van der Waals surface area contributed by atoms with Gasteiger partial charge in [0.05, 0.1) is 6.04 Å². The van der Waals surface area contributed by atoms with E-state index >= 15 is 0 Å². The maximum atomic E-state index is 11.1. The lowest BCUT2D eigenvalue weighted by Crippen LogP contribution is -2.39. The van der Waals surface area contributed by atoms with Gasteiger partial charge in [-0.25, -0.2) is 0 Å². The summed E-state index contributed by atoms with van der Waals surface area (Å²) in [5.41, 5.74) is 0. The van der Waals surface area contributed by atoms with Crippen LogP contribution in [0.1, 0.15) is 19.3 Å². The van der Waals surface area contributed by atoms with Gasteiger partial charge < -0.3 is 10.1 Å². The highest BCUT2D eigenvalue weighted by molar-refractivity contribution is 5.85. The van der Waals surface area contributed by atoms with Gasteiger partial charge in [-0.2, -0.15) is 0 Å². The number of aldehydes is 1. The minimum atomic E-state index is -0.0843. The molecule has 62 valence electrons. The van der Waals surface area contributed by atoms with Crippen molar-refractivity contribution in [2.24, 2.45) is 5.92 Å². The van der Waals surface area contributed by atoms with Crippen molar-refractivity contribution in [3.05, 3.63) is 0 Å². The molecule has 1 fully saturated rings. The van der Waals surface area contributed by atoms with Gasteiger partial charge in [0.15, 0.2) is 0 Å². The maximum Gasteiger partial charge on any atom is 0.149 e. The standard InChI is InChI=1S/C8H13NO2/c1-9-7-4-6(5-10)2-3-8(7)11/h5-7,9H,2-4H2,1H3/t6-,7-/m0/s1. The Morgan fingerprint density at radius 3 is 2.91 bits per heavy atom. The Kier molecular flexibility index (Phi) is 2.76. The van der Waals surface area contributed by atoms with Gasteiger partial charge in [-0.15, -0.1) is 0 Å². The van der Waals surface area contributed by atoms with Crippen molar-refractivity contribution in [1.29, 1.82) is 0 Å². The summed E-state index contributed by atoms with van der Waals surface area (Å²) in [6.45, 7) is 0. The van der Waals surface area contributed by atoms with E-state index in [1.807, 2.05) is 0 Å². The highest BCUT2D eigenvalue weighted by Gasteiger charge is 2.26. The van der Waals surface area contributed by atoms with Crippen LogP contribution >= 0.6 is 0 Å². The second-order valence-electron chi connectivity index (χ2n) is 2.98. The first-order valence-electron chi connectivity index (χ1n) is 3.93. The third-order valence-corrected chi connectivity index (χ3v) is 2.23. The van der Waals surface area contributed by atoms with Crippen molar-refractivity contribution < 1.29 is 9.59 Å². The molecule has 1 aliphatic carbocycles. The monoisotopic (exact) mass is 155 g/mol. The third-order valence-electron chi connectivity index (χ3n) is 2.23. The summed E-state index contributed by atoms with van der Waals surface area (Å²) in [4.78, 5) is 21.5. The van der Waals surface area contributed by atoms with Gasteiger partial charge in [0.25, 0.3) is 0 Å². The quantitative estimate of drug-likeness (QED) is 0.577. The second-order valence-corrected chi connectivity index (χ2v) is 2.98. The molecule has 0 aliphatic heterocycles. The first-order chi connectivity index (χ1) is 5.27. The summed E-state index contributed by atoms with van der Waals surface area (Å²) in [5, 5.41) is 2.91. The number of likely N-dealkylation sites (N-methyl/N-ethyl adjacent to an activating group) is 1. The summed E-state index contributed by atoms with van der Waals surface area (Å²) in [6, 6.07) is -0.0843. The Balaban J connectivity index is 2.50. The van der Waals surface area contributed by atoms with E-state index in [4.69, 9.17) is 0 Å². The number of ketones is 1. The summed E-state index contributed by atoms with van der Waals surface area (Å²) in [6.07, 6.45) is 2.92. The fourth-order valence-corrected chi connectivity index (χ4v) is 1.46. The molecule has 0 aromatic carbocycles. The van der Waals surface area contributed by atoms with E-state index in [0.29, 0.717) is 12.8 Å². The Labute approximate surface area is 66.2 Å². The number of hydrogen-bond donors (Lipinski definition) is 1. The molecule has 2 atom stereocenters. The summed E-state index contributed by atoms with van der Waals surface area (Å²) in [7, 11) is 1.76. The van der Waals surface area contributed by atoms with Crippen LogP contribution in [0.25, 0.3) is 0 Å². The average Bonchev–Trinajstić information content (AvgIpc) is 2.05. The second kappa shape index (κ2) is 3.62. The molecule has 0 unspecified atom stereocenters. The molecular formula is C8H13NO2. The topological polar surface area (TPSA) is 46.2 Å². The Hall–Kier alpha value is -0.700. The van der Waals surface area contributed by atoms with E-state index < -0.39 is 0 Å². The van der Waals surface area contributed by atoms with Gasteiger partial charge in [0.1, 0.15) is 12.1 Å². The molecule has 0 saturated heterocycles. The van der Waals surface area contributed by atoms with E-state index in [1.54, 1.807) is 7.05 Å². The predicted octanol–water partition coefficient (Wildman–Crippen LogP) is 0.142. The number of carbonyl (C=O) groups is 2. The zero-order chi connectivity index (χ0) is 8.27. The Bertz CT molecular complexity index is 167. The lowest BCUT2D eigenvalue weighted by molar-refractivity contribution is -0.124. The van der Waals surface area contributed by atoms with Crippen LogP contribution in [0.2, 0.25) is 0 Å². The van der Waals surface area contributed by atoms with Crippen LogP contribution < -0.4 is 5.32 Å². The van der Waals surface area contributed by atoms with Gasteiger partial charge >= 0.3 is 0 Å². The molecular weight excluding hydrogens is 142 g/mol. The fourth-order valence-electron chi connectivity index (χ4n) is 1.46. The van der Waals surface area contributed by atoms with Crippen LogP contribution in [-0.4, -0.2) is 25.2 Å². The van der Waals surface area contributed by atoms with E-state index in [9.17, 15) is 9.59 Å². The normalized spacial score (nSPS) is 31.9. The number of carbonyl (C=O) groups excluding carboxylic acids is 2. The van der Waals surface area contributed by atoms with Crippen molar-refractivity contribution in [3.8, 4) is 0 Å². The molecule has 1 saturated carbocycles. The number of hydrogen-bond acceptors (Lipinski definition) is 3. The van der Waals surface area contributed by atoms with Gasteiger partial charge in [0, 0.05) is 12.3 Å². The molecule has 0 radical (unpaired) electrons. The molecule has 0 amide bonds. The highest BCUT2D eigenvalue weighted by Crippen LogP contribution is 2.19. The van der Waals surface area contributed by atoms with Crippen LogP contribution in [-0.2, 0) is 9.59 Å². The smallest absolute Gasteiger partial charge is 0.149 e. The molecule has 1 rings (SSSR count). The molecule has 0 spiro atoms. The minimum absolute atomic E-state index is 0.0843. The van der Waals surface area contributed by atoms with Crippen LogP contribution in [0.4, 0.5) is 0 Å². The molecule has 1 N–H and O–H groups in total. The van der Waals surface area contributed by atoms with Crippen LogP contribution in [0, 0.1) is 5.92 Å². The maximum absolute atomic E-state index is 11.1. The van der Waals surface area contributed by atoms with E-state index in [-0.39, 0.29) is 17.7 Å². The summed E-state index contributed by atoms with van der Waals surface area (Å²) < 4.78 is 0. The third kappa shape index (κ3) is 1.87. The fraction of sp³-hybridized carbons (Fsp3) is 0.750. The van der Waals surface area contributed by atoms with Crippen LogP contribution in [0.3, 0.4) is 0 Å². The summed E-state index contributed by atoms with van der Waals surface area (Å²) >= 11 is 0. The van der Waals surface area contributed by atoms with Gasteiger partial charge in [-0.1, -0.05) is 0 Å². The van der Waals surface area contributed by atoms with Crippen LogP contribution in [0.15, 0.2) is 0 Å².